The van der Waals surface area contributed by atoms with E-state index in [1.165, 1.54) is 0 Å². The maximum absolute atomic E-state index is 12.8. The fourth-order valence-corrected chi connectivity index (χ4v) is 3.87. The molecule has 1 atom stereocenters. The average Bonchev–Trinajstić information content (AvgIpc) is 3.13. The lowest BCUT2D eigenvalue weighted by Crippen LogP contribution is -2.42. The number of hydrogen-bond acceptors (Lipinski definition) is 6. The Morgan fingerprint density at radius 2 is 2.17 bits per heavy atom. The van der Waals surface area contributed by atoms with Gasteiger partial charge in [-0.25, -0.2) is 9.97 Å². The van der Waals surface area contributed by atoms with Gasteiger partial charge < -0.3 is 10.2 Å². The summed E-state index contributed by atoms with van der Waals surface area (Å²) in [4.78, 5) is 24.3. The summed E-state index contributed by atoms with van der Waals surface area (Å²) >= 11 is 0. The van der Waals surface area contributed by atoms with Gasteiger partial charge in [0.15, 0.2) is 0 Å². The van der Waals surface area contributed by atoms with Crippen LogP contribution in [0.4, 0.5) is 5.82 Å². The van der Waals surface area contributed by atoms with Crippen molar-refractivity contribution in [2.75, 3.05) is 25.0 Å². The Balaban J connectivity index is 1.49. The Bertz CT molecular complexity index is 1010. The van der Waals surface area contributed by atoms with Crippen molar-refractivity contribution in [3.63, 3.8) is 0 Å². The summed E-state index contributed by atoms with van der Waals surface area (Å²) in [6, 6.07) is 5.68. The quantitative estimate of drug-likeness (QED) is 0.717. The third kappa shape index (κ3) is 4.59. The number of likely N-dealkylation sites (tertiary alicyclic amines) is 1. The zero-order valence-electron chi connectivity index (χ0n) is 17.2. The van der Waals surface area contributed by atoms with Crippen molar-refractivity contribution in [3.8, 4) is 11.4 Å². The molecule has 1 saturated heterocycles. The number of fused-ring (bicyclic) bond motifs is 1. The van der Waals surface area contributed by atoms with Crippen LogP contribution in [0.25, 0.3) is 22.3 Å². The van der Waals surface area contributed by atoms with Gasteiger partial charge >= 0.3 is 0 Å². The molecule has 1 amide bonds. The van der Waals surface area contributed by atoms with Gasteiger partial charge in [0.2, 0.25) is 5.91 Å². The van der Waals surface area contributed by atoms with E-state index in [4.69, 9.17) is 0 Å². The number of nitrogens with zero attached hydrogens (tertiary/aromatic N) is 6. The van der Waals surface area contributed by atoms with Crippen molar-refractivity contribution < 1.29 is 4.79 Å². The highest BCUT2D eigenvalue weighted by Gasteiger charge is 2.26. The fraction of sp³-hybridized carbons (Fsp3) is 0.476. The molecule has 0 aromatic carbocycles. The summed E-state index contributed by atoms with van der Waals surface area (Å²) in [5.41, 5.74) is 2.22. The third-order valence-corrected chi connectivity index (χ3v) is 5.19. The first-order valence-electron chi connectivity index (χ1n) is 10.1. The Morgan fingerprint density at radius 3 is 2.93 bits per heavy atom. The van der Waals surface area contributed by atoms with Gasteiger partial charge in [-0.15, -0.1) is 5.10 Å². The molecule has 1 aliphatic heterocycles. The molecule has 0 saturated carbocycles. The van der Waals surface area contributed by atoms with Crippen LogP contribution in [-0.2, 0) is 11.8 Å². The molecule has 8 heteroatoms. The average molecular weight is 393 g/mol. The van der Waals surface area contributed by atoms with Crippen molar-refractivity contribution >= 4 is 22.6 Å². The summed E-state index contributed by atoms with van der Waals surface area (Å²) in [5.74, 6) is 1.18. The van der Waals surface area contributed by atoms with Crippen molar-refractivity contribution in [1.29, 1.82) is 0 Å². The van der Waals surface area contributed by atoms with E-state index in [1.807, 2.05) is 31.4 Å². The molecule has 0 aliphatic carbocycles. The molecule has 3 aromatic rings. The zero-order valence-corrected chi connectivity index (χ0v) is 17.2. The van der Waals surface area contributed by atoms with E-state index < -0.39 is 0 Å². The van der Waals surface area contributed by atoms with Gasteiger partial charge in [-0.05, 0) is 37.4 Å². The minimum Gasteiger partial charge on any atom is -0.310 e. The molecule has 29 heavy (non-hydrogen) atoms. The highest BCUT2D eigenvalue weighted by molar-refractivity contribution is 5.93. The van der Waals surface area contributed by atoms with Crippen molar-refractivity contribution in [1.82, 2.24) is 29.9 Å². The molecule has 4 rings (SSSR count). The topological polar surface area (TPSA) is 88.8 Å². The molecule has 3 aromatic heterocycles. The van der Waals surface area contributed by atoms with Gasteiger partial charge in [0.1, 0.15) is 11.5 Å². The molecule has 0 radical (unpaired) electrons. The maximum Gasteiger partial charge on any atom is 0.229 e. The maximum atomic E-state index is 12.8. The normalized spacial score (nSPS) is 17.7. The minimum absolute atomic E-state index is 0.00103. The summed E-state index contributed by atoms with van der Waals surface area (Å²) in [6.45, 7) is 7.35. The van der Waals surface area contributed by atoms with Crippen LogP contribution in [0, 0.1) is 11.8 Å². The van der Waals surface area contributed by atoms with Crippen LogP contribution >= 0.6 is 0 Å². The molecular weight excluding hydrogens is 366 g/mol. The number of carbonyl (C=O) groups excluding carboxylic acids is 1. The first-order chi connectivity index (χ1) is 14.0. The van der Waals surface area contributed by atoms with E-state index in [0.29, 0.717) is 17.4 Å². The van der Waals surface area contributed by atoms with Crippen LogP contribution in [0.5, 0.6) is 0 Å². The molecule has 1 fully saturated rings. The number of rotatable bonds is 5. The number of aromatic nitrogens is 5. The third-order valence-electron chi connectivity index (χ3n) is 5.19. The van der Waals surface area contributed by atoms with E-state index in [2.05, 4.69) is 44.3 Å². The largest absolute Gasteiger partial charge is 0.310 e. The molecular formula is C21H27N7O. The molecule has 1 aliphatic rings. The summed E-state index contributed by atoms with van der Waals surface area (Å²) < 4.78 is 1.64. The first kappa shape index (κ1) is 19.4. The number of amides is 1. The van der Waals surface area contributed by atoms with Crippen LogP contribution < -0.4 is 5.32 Å². The molecule has 4 heterocycles. The zero-order chi connectivity index (χ0) is 20.4. The smallest absolute Gasteiger partial charge is 0.229 e. The lowest BCUT2D eigenvalue weighted by Gasteiger charge is -2.32. The summed E-state index contributed by atoms with van der Waals surface area (Å²) in [7, 11) is 1.82. The van der Waals surface area contributed by atoms with Gasteiger partial charge in [-0.2, -0.15) is 0 Å². The Morgan fingerprint density at radius 1 is 1.31 bits per heavy atom. The van der Waals surface area contributed by atoms with Crippen LogP contribution in [0.15, 0.2) is 30.6 Å². The fourth-order valence-electron chi connectivity index (χ4n) is 3.87. The predicted octanol–water partition coefficient (Wildman–Crippen LogP) is 2.73. The molecule has 0 unspecified atom stereocenters. The molecule has 1 N–H and O–H groups in total. The van der Waals surface area contributed by atoms with Gasteiger partial charge in [0.25, 0.3) is 0 Å². The minimum atomic E-state index is -0.00103. The Kier molecular flexibility index (Phi) is 5.53. The number of pyridine rings is 2. The Labute approximate surface area is 170 Å². The van der Waals surface area contributed by atoms with Crippen molar-refractivity contribution in [3.05, 3.63) is 30.6 Å². The number of nitrogens with one attached hydrogen (secondary N) is 1. The number of piperidine rings is 1. The number of carbonyl (C=O) groups is 1. The lowest BCUT2D eigenvalue weighted by atomic mass is 9.96. The molecule has 0 spiro atoms. The lowest BCUT2D eigenvalue weighted by molar-refractivity contribution is -0.121. The highest BCUT2D eigenvalue weighted by atomic mass is 16.2. The van der Waals surface area contributed by atoms with Crippen LogP contribution in [0.1, 0.15) is 26.7 Å². The summed E-state index contributed by atoms with van der Waals surface area (Å²) in [5, 5.41) is 12.0. The number of hydrogen-bond donors (Lipinski definition) is 1. The second-order valence-corrected chi connectivity index (χ2v) is 8.22. The van der Waals surface area contributed by atoms with Gasteiger partial charge in [-0.3, -0.25) is 9.48 Å². The van der Waals surface area contributed by atoms with Crippen LogP contribution in [0.3, 0.4) is 0 Å². The summed E-state index contributed by atoms with van der Waals surface area (Å²) in [6.07, 6.45) is 5.54. The number of aryl methyl sites for hydroxylation is 1. The van der Waals surface area contributed by atoms with Gasteiger partial charge in [0.05, 0.1) is 23.3 Å². The monoisotopic (exact) mass is 393 g/mol. The van der Waals surface area contributed by atoms with Gasteiger partial charge in [-0.1, -0.05) is 19.1 Å². The van der Waals surface area contributed by atoms with Crippen molar-refractivity contribution in [2.24, 2.45) is 18.9 Å². The van der Waals surface area contributed by atoms with E-state index in [9.17, 15) is 4.79 Å². The van der Waals surface area contributed by atoms with Crippen LogP contribution in [0.2, 0.25) is 0 Å². The first-order valence-corrected chi connectivity index (χ1v) is 10.1. The van der Waals surface area contributed by atoms with E-state index in [0.717, 1.165) is 49.1 Å². The van der Waals surface area contributed by atoms with E-state index in [1.54, 1.807) is 10.9 Å². The number of anilines is 1. The van der Waals surface area contributed by atoms with E-state index in [-0.39, 0.29) is 11.8 Å². The van der Waals surface area contributed by atoms with Crippen LogP contribution in [-0.4, -0.2) is 55.4 Å². The molecule has 0 bridgehead atoms. The second-order valence-electron chi connectivity index (χ2n) is 8.22. The standard InChI is InChI=1S/C21H27N7O/c1-14(2)11-28-8-4-5-16(12-28)21(29)24-20-9-18-15(10-22-20)6-7-17(23-18)19-13-27(3)26-25-19/h6-7,9-10,13-14,16H,4-5,8,11-12H2,1-3H3,(H,22,24,29)/t16-/m1/s1. The van der Waals surface area contributed by atoms with Gasteiger partial charge in [0, 0.05) is 37.8 Å². The predicted molar refractivity (Wildman–Crippen MR) is 112 cm³/mol. The SMILES string of the molecule is CC(C)CN1CCC[C@@H](C(=O)Nc2cc3nc(-c4cn(C)nn4)ccc3cn2)C1. The second kappa shape index (κ2) is 8.24. The molecule has 8 nitrogen and oxygen atoms in total. The van der Waals surface area contributed by atoms with Crippen molar-refractivity contribution in [2.45, 2.75) is 26.7 Å². The highest BCUT2D eigenvalue weighted by Crippen LogP contribution is 2.22. The van der Waals surface area contributed by atoms with E-state index >= 15 is 0 Å². The molecule has 152 valence electrons. The Hall–Kier alpha value is -2.87.